The van der Waals surface area contributed by atoms with E-state index in [-0.39, 0.29) is 17.1 Å². The van der Waals surface area contributed by atoms with Crippen molar-refractivity contribution < 1.29 is 14.7 Å². The van der Waals surface area contributed by atoms with Crippen LogP contribution in [0.4, 0.5) is 0 Å². The number of halogens is 2. The van der Waals surface area contributed by atoms with Gasteiger partial charge in [0.2, 0.25) is 5.91 Å². The highest BCUT2D eigenvalue weighted by molar-refractivity contribution is 9.10. The van der Waals surface area contributed by atoms with Crippen molar-refractivity contribution >= 4 is 39.3 Å². The Hall–Kier alpha value is -1.11. The monoisotopic (exact) mass is 320 g/mol. The van der Waals surface area contributed by atoms with E-state index < -0.39 is 17.9 Å². The van der Waals surface area contributed by atoms with Crippen LogP contribution in [0.1, 0.15) is 10.4 Å². The molecular weight excluding hydrogens is 311 g/mol. The molecule has 0 heterocycles. The molecule has 1 atom stereocenters. The smallest absolute Gasteiger partial charge is 0.252 e. The lowest BCUT2D eigenvalue weighted by atomic mass is 10.2. The van der Waals surface area contributed by atoms with Crippen LogP contribution < -0.4 is 11.1 Å². The van der Waals surface area contributed by atoms with Crippen LogP contribution in [-0.4, -0.2) is 29.6 Å². The van der Waals surface area contributed by atoms with Crippen molar-refractivity contribution in [1.82, 2.24) is 5.32 Å². The Morgan fingerprint density at radius 2 is 2.18 bits per heavy atom. The van der Waals surface area contributed by atoms with Gasteiger partial charge in [-0.1, -0.05) is 27.5 Å². The second-order valence-electron chi connectivity index (χ2n) is 3.25. The van der Waals surface area contributed by atoms with Crippen LogP contribution in [0.5, 0.6) is 0 Å². The Morgan fingerprint density at radius 3 is 2.76 bits per heavy atom. The third kappa shape index (κ3) is 3.99. The fourth-order valence-electron chi connectivity index (χ4n) is 1.06. The van der Waals surface area contributed by atoms with Crippen LogP contribution in [0, 0.1) is 0 Å². The molecule has 17 heavy (non-hydrogen) atoms. The fourth-order valence-corrected chi connectivity index (χ4v) is 1.62. The van der Waals surface area contributed by atoms with Gasteiger partial charge in [-0.25, -0.2) is 0 Å². The van der Waals surface area contributed by atoms with Gasteiger partial charge in [0.05, 0.1) is 17.1 Å². The summed E-state index contributed by atoms with van der Waals surface area (Å²) in [5.74, 6) is -1.39. The minimum Gasteiger partial charge on any atom is -0.381 e. The van der Waals surface area contributed by atoms with E-state index in [0.717, 1.165) is 0 Å². The zero-order chi connectivity index (χ0) is 13.0. The first-order valence-electron chi connectivity index (χ1n) is 4.62. The number of aliphatic hydroxyl groups is 1. The second kappa shape index (κ2) is 6.00. The van der Waals surface area contributed by atoms with Crippen molar-refractivity contribution in [2.45, 2.75) is 6.10 Å². The van der Waals surface area contributed by atoms with E-state index in [4.69, 9.17) is 22.4 Å². The molecule has 0 fully saturated rings. The third-order valence-electron chi connectivity index (χ3n) is 1.96. The molecule has 0 aliphatic rings. The summed E-state index contributed by atoms with van der Waals surface area (Å²) in [5.41, 5.74) is 5.09. The van der Waals surface area contributed by atoms with Crippen molar-refractivity contribution in [3.8, 4) is 0 Å². The maximum Gasteiger partial charge on any atom is 0.252 e. The van der Waals surface area contributed by atoms with Crippen LogP contribution in [0.15, 0.2) is 22.7 Å². The number of amides is 2. The summed E-state index contributed by atoms with van der Waals surface area (Å²) in [5, 5.41) is 11.7. The van der Waals surface area contributed by atoms with Gasteiger partial charge >= 0.3 is 0 Å². The van der Waals surface area contributed by atoms with Gasteiger partial charge in [-0.3, -0.25) is 9.59 Å². The number of nitrogens with two attached hydrogens (primary N) is 1. The normalized spacial score (nSPS) is 11.9. The van der Waals surface area contributed by atoms with Crippen LogP contribution in [0.3, 0.4) is 0 Å². The maximum absolute atomic E-state index is 11.7. The molecule has 1 unspecified atom stereocenters. The molecule has 5 nitrogen and oxygen atoms in total. The highest BCUT2D eigenvalue weighted by Gasteiger charge is 2.15. The van der Waals surface area contributed by atoms with Crippen molar-refractivity contribution in [3.05, 3.63) is 33.3 Å². The number of nitrogens with one attached hydrogen (secondary N) is 1. The lowest BCUT2D eigenvalue weighted by Crippen LogP contribution is -2.40. The highest BCUT2D eigenvalue weighted by Crippen LogP contribution is 2.20. The quantitative estimate of drug-likeness (QED) is 0.761. The van der Waals surface area contributed by atoms with E-state index in [9.17, 15) is 9.59 Å². The van der Waals surface area contributed by atoms with Crippen molar-refractivity contribution in [1.29, 1.82) is 0 Å². The number of hydrogen-bond acceptors (Lipinski definition) is 3. The molecule has 0 radical (unpaired) electrons. The van der Waals surface area contributed by atoms with Crippen LogP contribution in [-0.2, 0) is 4.79 Å². The summed E-state index contributed by atoms with van der Waals surface area (Å²) in [6, 6.07) is 4.79. The summed E-state index contributed by atoms with van der Waals surface area (Å²) in [4.78, 5) is 22.2. The second-order valence-corrected chi connectivity index (χ2v) is 4.58. The Morgan fingerprint density at radius 1 is 1.53 bits per heavy atom. The largest absolute Gasteiger partial charge is 0.381 e. The van der Waals surface area contributed by atoms with Crippen LogP contribution in [0.2, 0.25) is 5.02 Å². The number of aliphatic hydroxyl groups excluding tert-OH is 1. The third-order valence-corrected chi connectivity index (χ3v) is 2.78. The van der Waals surface area contributed by atoms with Crippen LogP contribution >= 0.6 is 27.5 Å². The molecule has 0 bridgehead atoms. The SMILES string of the molecule is NC(=O)C(O)CNC(=O)c1cc(Br)ccc1Cl. The molecule has 7 heteroatoms. The zero-order valence-electron chi connectivity index (χ0n) is 8.61. The van der Waals surface area contributed by atoms with E-state index in [0.29, 0.717) is 4.47 Å². The van der Waals surface area contributed by atoms with Gasteiger partial charge in [-0.05, 0) is 18.2 Å². The molecule has 1 aromatic rings. The number of benzene rings is 1. The minimum absolute atomic E-state index is 0.248. The average molecular weight is 322 g/mol. The van der Waals surface area contributed by atoms with E-state index in [1.165, 1.54) is 6.07 Å². The summed E-state index contributed by atoms with van der Waals surface area (Å²) in [6.07, 6.45) is -1.41. The van der Waals surface area contributed by atoms with Gasteiger partial charge in [0.25, 0.3) is 5.91 Å². The summed E-state index contributed by atoms with van der Waals surface area (Å²) in [6.45, 7) is -0.253. The molecule has 0 aliphatic heterocycles. The molecule has 0 saturated carbocycles. The Balaban J connectivity index is 2.70. The Kier molecular flexibility index (Phi) is 4.92. The maximum atomic E-state index is 11.7. The van der Waals surface area contributed by atoms with Gasteiger partial charge in [0.15, 0.2) is 0 Å². The first-order chi connectivity index (χ1) is 7.91. The van der Waals surface area contributed by atoms with E-state index >= 15 is 0 Å². The van der Waals surface area contributed by atoms with Gasteiger partial charge in [-0.15, -0.1) is 0 Å². The number of carbonyl (C=O) groups excluding carboxylic acids is 2. The number of rotatable bonds is 4. The summed E-state index contributed by atoms with van der Waals surface area (Å²) >= 11 is 9.04. The molecule has 0 spiro atoms. The lowest BCUT2D eigenvalue weighted by Gasteiger charge is -2.09. The van der Waals surface area contributed by atoms with Gasteiger partial charge < -0.3 is 16.2 Å². The first kappa shape index (κ1) is 14.0. The zero-order valence-corrected chi connectivity index (χ0v) is 11.0. The van der Waals surface area contributed by atoms with E-state index in [2.05, 4.69) is 21.2 Å². The van der Waals surface area contributed by atoms with Crippen molar-refractivity contribution in [2.24, 2.45) is 5.73 Å². The molecule has 1 rings (SSSR count). The molecule has 0 aliphatic carbocycles. The topological polar surface area (TPSA) is 92.4 Å². The summed E-state index contributed by atoms with van der Waals surface area (Å²) in [7, 11) is 0. The molecule has 4 N–H and O–H groups in total. The highest BCUT2D eigenvalue weighted by atomic mass is 79.9. The molecule has 92 valence electrons. The molecule has 0 saturated heterocycles. The van der Waals surface area contributed by atoms with Crippen LogP contribution in [0.25, 0.3) is 0 Å². The van der Waals surface area contributed by atoms with Crippen molar-refractivity contribution in [2.75, 3.05) is 6.54 Å². The molecular formula is C10H10BrClN2O3. The Bertz CT molecular complexity index is 453. The first-order valence-corrected chi connectivity index (χ1v) is 5.79. The molecule has 0 aromatic heterocycles. The molecule has 2 amide bonds. The molecule has 1 aromatic carbocycles. The van der Waals surface area contributed by atoms with Crippen molar-refractivity contribution in [3.63, 3.8) is 0 Å². The number of hydrogen-bond donors (Lipinski definition) is 3. The number of carbonyl (C=O) groups is 2. The summed E-state index contributed by atoms with van der Waals surface area (Å²) < 4.78 is 0.697. The predicted octanol–water partition coefficient (Wildman–Crippen LogP) is 0.679. The van der Waals surface area contributed by atoms with Gasteiger partial charge in [0.1, 0.15) is 6.10 Å². The Labute approximate surface area is 111 Å². The van der Waals surface area contributed by atoms with Gasteiger partial charge in [-0.2, -0.15) is 0 Å². The lowest BCUT2D eigenvalue weighted by molar-refractivity contribution is -0.125. The standard InChI is InChI=1S/C10H10BrClN2O3/c11-5-1-2-7(12)6(3-5)10(17)14-4-8(15)9(13)16/h1-3,8,15H,4H2,(H2,13,16)(H,14,17). The average Bonchev–Trinajstić information content (AvgIpc) is 2.28. The fraction of sp³-hybridized carbons (Fsp3) is 0.200. The minimum atomic E-state index is -1.41. The predicted molar refractivity (Wildman–Crippen MR) is 66.7 cm³/mol. The number of primary amides is 1. The van der Waals surface area contributed by atoms with E-state index in [1.807, 2.05) is 0 Å². The van der Waals surface area contributed by atoms with Gasteiger partial charge in [0, 0.05) is 4.47 Å². The van der Waals surface area contributed by atoms with E-state index in [1.54, 1.807) is 12.1 Å².